The fourth-order valence-corrected chi connectivity index (χ4v) is 3.70. The number of carbonyl (C=O) groups excluding carboxylic acids is 3. The van der Waals surface area contributed by atoms with Gasteiger partial charge in [-0.15, -0.1) is 0 Å². The Morgan fingerprint density at radius 3 is 2.44 bits per heavy atom. The lowest BCUT2D eigenvalue weighted by molar-refractivity contribution is -0.128. The van der Waals surface area contributed by atoms with Crippen LogP contribution in [-0.4, -0.2) is 41.6 Å². The van der Waals surface area contributed by atoms with Gasteiger partial charge in [-0.3, -0.25) is 14.4 Å². The first kappa shape index (κ1) is 17.6. The molecule has 2 fully saturated rings. The summed E-state index contributed by atoms with van der Waals surface area (Å²) in [6.45, 7) is 2.96. The molecule has 134 valence electrons. The van der Waals surface area contributed by atoms with Crippen molar-refractivity contribution in [2.24, 2.45) is 11.8 Å². The third-order valence-electron chi connectivity index (χ3n) is 5.29. The zero-order chi connectivity index (χ0) is 17.8. The molecule has 0 unspecified atom stereocenters. The Hall–Kier alpha value is -2.17. The largest absolute Gasteiger partial charge is 0.351 e. The summed E-state index contributed by atoms with van der Waals surface area (Å²) in [6.07, 6.45) is 3.69. The fraction of sp³-hybridized carbons (Fsp3) is 0.550. The minimum atomic E-state index is -0.0121. The number of hydrogen-bond acceptors (Lipinski definition) is 3. The number of rotatable bonds is 7. The molecule has 2 amide bonds. The predicted molar refractivity (Wildman–Crippen MR) is 95.0 cm³/mol. The molecule has 3 rings (SSSR count). The SMILES string of the molecule is CC(=O)N1C[C@H](NC(=O)CCCC(=O)c2ccccc2)[C@@H](C2CC2)C1. The Kier molecular flexibility index (Phi) is 5.51. The molecule has 5 nitrogen and oxygen atoms in total. The van der Waals surface area contributed by atoms with Gasteiger partial charge in [0.25, 0.3) is 0 Å². The third-order valence-corrected chi connectivity index (χ3v) is 5.29. The highest BCUT2D eigenvalue weighted by Crippen LogP contribution is 2.41. The summed E-state index contributed by atoms with van der Waals surface area (Å²) in [7, 11) is 0. The maximum Gasteiger partial charge on any atom is 0.220 e. The van der Waals surface area contributed by atoms with E-state index in [9.17, 15) is 14.4 Å². The van der Waals surface area contributed by atoms with Crippen LogP contribution in [0.15, 0.2) is 30.3 Å². The Morgan fingerprint density at radius 2 is 1.80 bits per heavy atom. The molecule has 1 saturated carbocycles. The van der Waals surface area contributed by atoms with Gasteiger partial charge in [-0.2, -0.15) is 0 Å². The number of Topliss-reactive ketones (excluding diaryl/α,β-unsaturated/α-hetero) is 1. The Bertz CT molecular complexity index is 640. The molecule has 0 bridgehead atoms. The van der Waals surface area contributed by atoms with Crippen LogP contribution in [0.1, 0.15) is 49.4 Å². The summed E-state index contributed by atoms with van der Waals surface area (Å²) in [5.74, 6) is 1.18. The number of likely N-dealkylation sites (tertiary alicyclic amines) is 1. The molecule has 0 spiro atoms. The first-order valence-electron chi connectivity index (χ1n) is 9.17. The maximum atomic E-state index is 12.3. The zero-order valence-corrected chi connectivity index (χ0v) is 14.7. The van der Waals surface area contributed by atoms with Crippen molar-refractivity contribution in [3.05, 3.63) is 35.9 Å². The van der Waals surface area contributed by atoms with E-state index in [4.69, 9.17) is 0 Å². The monoisotopic (exact) mass is 342 g/mol. The average molecular weight is 342 g/mol. The second-order valence-corrected chi connectivity index (χ2v) is 7.24. The standard InChI is InChI=1S/C20H26N2O3/c1-14(23)22-12-17(15-10-11-15)18(13-22)21-20(25)9-5-8-19(24)16-6-3-2-4-7-16/h2-4,6-7,15,17-18H,5,8-13H2,1H3,(H,21,25)/t17-,18+/m1/s1. The first-order valence-corrected chi connectivity index (χ1v) is 9.17. The molecular weight excluding hydrogens is 316 g/mol. The Labute approximate surface area is 148 Å². The van der Waals surface area contributed by atoms with E-state index in [0.29, 0.717) is 43.2 Å². The highest BCUT2D eigenvalue weighted by Gasteiger charge is 2.43. The van der Waals surface area contributed by atoms with Gasteiger partial charge >= 0.3 is 0 Å². The molecule has 1 saturated heterocycles. The van der Waals surface area contributed by atoms with E-state index < -0.39 is 0 Å². The normalized spacial score (nSPS) is 22.7. The smallest absolute Gasteiger partial charge is 0.220 e. The molecule has 2 aliphatic rings. The van der Waals surface area contributed by atoms with Gasteiger partial charge in [0.05, 0.1) is 6.04 Å². The van der Waals surface area contributed by atoms with Crippen molar-refractivity contribution in [3.63, 3.8) is 0 Å². The summed E-state index contributed by atoms with van der Waals surface area (Å²) in [5, 5.41) is 3.10. The van der Waals surface area contributed by atoms with E-state index in [1.165, 1.54) is 12.8 Å². The summed E-state index contributed by atoms with van der Waals surface area (Å²) in [6, 6.07) is 9.24. The molecule has 1 heterocycles. The van der Waals surface area contributed by atoms with E-state index in [0.717, 1.165) is 6.54 Å². The van der Waals surface area contributed by atoms with Crippen LogP contribution in [0.3, 0.4) is 0 Å². The van der Waals surface area contributed by atoms with Crippen molar-refractivity contribution in [2.75, 3.05) is 13.1 Å². The molecule has 0 aromatic heterocycles. The van der Waals surface area contributed by atoms with Crippen molar-refractivity contribution < 1.29 is 14.4 Å². The fourth-order valence-electron chi connectivity index (χ4n) is 3.70. The summed E-state index contributed by atoms with van der Waals surface area (Å²) < 4.78 is 0. The highest BCUT2D eigenvalue weighted by molar-refractivity contribution is 5.96. The summed E-state index contributed by atoms with van der Waals surface area (Å²) in [5.41, 5.74) is 0.699. The average Bonchev–Trinajstić information content (AvgIpc) is 3.36. The van der Waals surface area contributed by atoms with Crippen molar-refractivity contribution in [1.29, 1.82) is 0 Å². The molecule has 1 aliphatic heterocycles. The number of ketones is 1. The van der Waals surface area contributed by atoms with Gasteiger partial charge in [0.2, 0.25) is 11.8 Å². The molecule has 1 aromatic carbocycles. The highest BCUT2D eigenvalue weighted by atomic mass is 16.2. The second-order valence-electron chi connectivity index (χ2n) is 7.24. The van der Waals surface area contributed by atoms with Crippen molar-refractivity contribution in [2.45, 2.75) is 45.1 Å². The van der Waals surface area contributed by atoms with Gasteiger partial charge < -0.3 is 10.2 Å². The van der Waals surface area contributed by atoms with Crippen molar-refractivity contribution in [3.8, 4) is 0 Å². The van der Waals surface area contributed by atoms with E-state index >= 15 is 0 Å². The number of nitrogens with one attached hydrogen (secondary N) is 1. The van der Waals surface area contributed by atoms with Crippen LogP contribution in [0.2, 0.25) is 0 Å². The number of amides is 2. The van der Waals surface area contributed by atoms with Crippen LogP contribution in [0.4, 0.5) is 0 Å². The molecule has 0 radical (unpaired) electrons. The number of hydrogen-bond donors (Lipinski definition) is 1. The Morgan fingerprint density at radius 1 is 1.08 bits per heavy atom. The topological polar surface area (TPSA) is 66.5 Å². The lowest BCUT2D eigenvalue weighted by Gasteiger charge is -2.19. The van der Waals surface area contributed by atoms with Gasteiger partial charge in [0.1, 0.15) is 0 Å². The number of benzene rings is 1. The first-order chi connectivity index (χ1) is 12.0. The van der Waals surface area contributed by atoms with E-state index in [1.807, 2.05) is 23.1 Å². The molecule has 1 N–H and O–H groups in total. The summed E-state index contributed by atoms with van der Waals surface area (Å²) >= 11 is 0. The second kappa shape index (κ2) is 7.81. The number of carbonyl (C=O) groups is 3. The van der Waals surface area contributed by atoms with Crippen LogP contribution in [0.5, 0.6) is 0 Å². The van der Waals surface area contributed by atoms with Gasteiger partial charge in [-0.05, 0) is 25.2 Å². The van der Waals surface area contributed by atoms with Crippen LogP contribution in [0, 0.1) is 11.8 Å². The number of nitrogens with zero attached hydrogens (tertiary/aromatic N) is 1. The zero-order valence-electron chi connectivity index (χ0n) is 14.7. The van der Waals surface area contributed by atoms with E-state index in [1.54, 1.807) is 19.1 Å². The lowest BCUT2D eigenvalue weighted by atomic mass is 9.98. The quantitative estimate of drug-likeness (QED) is 0.774. The molecule has 1 aliphatic carbocycles. The molecular formula is C20H26N2O3. The van der Waals surface area contributed by atoms with E-state index in [2.05, 4.69) is 5.32 Å². The van der Waals surface area contributed by atoms with Crippen LogP contribution < -0.4 is 5.32 Å². The molecule has 1 aromatic rings. The van der Waals surface area contributed by atoms with Crippen LogP contribution in [0.25, 0.3) is 0 Å². The molecule has 5 heteroatoms. The van der Waals surface area contributed by atoms with Gasteiger partial charge in [-0.25, -0.2) is 0 Å². The van der Waals surface area contributed by atoms with Crippen LogP contribution >= 0.6 is 0 Å². The molecule has 2 atom stereocenters. The predicted octanol–water partition coefficient (Wildman–Crippen LogP) is 2.41. The van der Waals surface area contributed by atoms with Gasteiger partial charge in [-0.1, -0.05) is 30.3 Å². The molecule has 25 heavy (non-hydrogen) atoms. The lowest BCUT2D eigenvalue weighted by Crippen LogP contribution is -2.41. The van der Waals surface area contributed by atoms with Crippen molar-refractivity contribution >= 4 is 17.6 Å². The van der Waals surface area contributed by atoms with E-state index in [-0.39, 0.29) is 23.6 Å². The van der Waals surface area contributed by atoms with Gasteiger partial charge in [0.15, 0.2) is 5.78 Å². The Balaban J connectivity index is 1.44. The van der Waals surface area contributed by atoms with Crippen LogP contribution in [-0.2, 0) is 9.59 Å². The minimum Gasteiger partial charge on any atom is -0.351 e. The van der Waals surface area contributed by atoms with Gasteiger partial charge in [0, 0.05) is 44.3 Å². The minimum absolute atomic E-state index is 0.0121. The third kappa shape index (κ3) is 4.68. The van der Waals surface area contributed by atoms with Crippen molar-refractivity contribution in [1.82, 2.24) is 10.2 Å². The summed E-state index contributed by atoms with van der Waals surface area (Å²) in [4.78, 5) is 37.8. The maximum absolute atomic E-state index is 12.3.